The topological polar surface area (TPSA) is 88.5 Å². The maximum absolute atomic E-state index is 12.3. The van der Waals surface area contributed by atoms with Crippen molar-refractivity contribution in [3.63, 3.8) is 0 Å². The van der Waals surface area contributed by atoms with Crippen molar-refractivity contribution in [1.82, 2.24) is 9.80 Å². The van der Waals surface area contributed by atoms with Crippen LogP contribution in [0.2, 0.25) is 0 Å². The van der Waals surface area contributed by atoms with Crippen LogP contribution >= 0.6 is 0 Å². The molecule has 2 rings (SSSR count). The van der Waals surface area contributed by atoms with E-state index >= 15 is 0 Å². The van der Waals surface area contributed by atoms with Crippen molar-refractivity contribution < 1.29 is 28.9 Å². The molecule has 0 spiro atoms. The van der Waals surface area contributed by atoms with Gasteiger partial charge in [0.15, 0.2) is 11.5 Å². The molecule has 8 nitrogen and oxygen atoms in total. The predicted molar refractivity (Wildman–Crippen MR) is 95.8 cm³/mol. The van der Waals surface area contributed by atoms with Gasteiger partial charge in [-0.25, -0.2) is 0 Å². The highest BCUT2D eigenvalue weighted by Gasteiger charge is 2.21. The quantitative estimate of drug-likeness (QED) is 0.721. The fourth-order valence-electron chi connectivity index (χ4n) is 2.79. The molecule has 1 aromatic carbocycles. The highest BCUT2D eigenvalue weighted by atomic mass is 16.5. The highest BCUT2D eigenvalue weighted by Crippen LogP contribution is 2.38. The minimum atomic E-state index is -0.855. The summed E-state index contributed by atoms with van der Waals surface area (Å²) in [6.07, 6.45) is 3.18. The first-order chi connectivity index (χ1) is 12.5. The summed E-state index contributed by atoms with van der Waals surface area (Å²) in [6.45, 7) is 2.12. The summed E-state index contributed by atoms with van der Waals surface area (Å²) < 4.78 is 15.9. The molecule has 8 heteroatoms. The van der Waals surface area contributed by atoms with Crippen LogP contribution in [0.3, 0.4) is 0 Å². The molecule has 0 atom stereocenters. The molecular formula is C18H24N2O6. The number of aliphatic carboxylic acids is 1. The van der Waals surface area contributed by atoms with Crippen LogP contribution in [-0.2, 0) is 9.59 Å². The molecule has 1 aliphatic rings. The summed E-state index contributed by atoms with van der Waals surface area (Å²) in [7, 11) is 4.60. The zero-order valence-electron chi connectivity index (χ0n) is 15.2. The van der Waals surface area contributed by atoms with Gasteiger partial charge in [-0.2, -0.15) is 0 Å². The van der Waals surface area contributed by atoms with E-state index in [1.165, 1.54) is 27.4 Å². The number of piperazine rings is 1. The third-order valence-electron chi connectivity index (χ3n) is 4.15. The number of ether oxygens (including phenoxy) is 3. The van der Waals surface area contributed by atoms with E-state index in [0.29, 0.717) is 43.4 Å². The van der Waals surface area contributed by atoms with Gasteiger partial charge in [-0.1, -0.05) is 0 Å². The van der Waals surface area contributed by atoms with Crippen LogP contribution in [0, 0.1) is 0 Å². The summed E-state index contributed by atoms with van der Waals surface area (Å²) in [5.41, 5.74) is 0.748. The molecule has 0 aliphatic carbocycles. The fourth-order valence-corrected chi connectivity index (χ4v) is 2.79. The van der Waals surface area contributed by atoms with E-state index in [1.807, 2.05) is 4.90 Å². The Bertz CT molecular complexity index is 655. The Hall–Kier alpha value is -2.74. The van der Waals surface area contributed by atoms with Gasteiger partial charge in [-0.15, -0.1) is 0 Å². The average molecular weight is 364 g/mol. The molecule has 1 heterocycles. The van der Waals surface area contributed by atoms with E-state index < -0.39 is 5.97 Å². The van der Waals surface area contributed by atoms with Crippen molar-refractivity contribution in [2.75, 3.05) is 54.1 Å². The minimum Gasteiger partial charge on any atom is -0.493 e. The van der Waals surface area contributed by atoms with Crippen molar-refractivity contribution in [2.24, 2.45) is 0 Å². The van der Waals surface area contributed by atoms with Crippen LogP contribution in [0.5, 0.6) is 17.2 Å². The molecule has 1 fully saturated rings. The lowest BCUT2D eigenvalue weighted by molar-refractivity contribution is -0.139. The second kappa shape index (κ2) is 9.10. The van der Waals surface area contributed by atoms with Gasteiger partial charge in [0.25, 0.3) is 0 Å². The smallest absolute Gasteiger partial charge is 0.317 e. The molecule has 0 radical (unpaired) electrons. The lowest BCUT2D eigenvalue weighted by Gasteiger charge is -2.33. The largest absolute Gasteiger partial charge is 0.493 e. The number of amides is 1. The SMILES string of the molecule is COc1cc(/C=C\C(=O)N2CCN(CC(=O)O)CC2)cc(OC)c1OC. The van der Waals surface area contributed by atoms with E-state index in [9.17, 15) is 9.59 Å². The number of hydrogen-bond acceptors (Lipinski definition) is 6. The molecule has 0 saturated carbocycles. The van der Waals surface area contributed by atoms with Crippen LogP contribution in [0.1, 0.15) is 5.56 Å². The normalized spacial score (nSPS) is 15.1. The highest BCUT2D eigenvalue weighted by molar-refractivity contribution is 5.92. The molecule has 142 valence electrons. The van der Waals surface area contributed by atoms with Gasteiger partial charge in [-0.3, -0.25) is 14.5 Å². The molecule has 0 aromatic heterocycles. The zero-order chi connectivity index (χ0) is 19.1. The lowest BCUT2D eigenvalue weighted by atomic mass is 10.1. The lowest BCUT2D eigenvalue weighted by Crippen LogP contribution is -2.49. The van der Waals surface area contributed by atoms with Crippen molar-refractivity contribution >= 4 is 18.0 Å². The van der Waals surface area contributed by atoms with Gasteiger partial charge in [0.1, 0.15) is 0 Å². The molecule has 1 saturated heterocycles. The Morgan fingerprint density at radius 3 is 2.08 bits per heavy atom. The summed E-state index contributed by atoms with van der Waals surface area (Å²) >= 11 is 0. The van der Waals surface area contributed by atoms with Crippen LogP contribution in [0.4, 0.5) is 0 Å². The maximum atomic E-state index is 12.3. The van der Waals surface area contributed by atoms with Gasteiger partial charge < -0.3 is 24.2 Å². The molecule has 1 aliphatic heterocycles. The number of rotatable bonds is 7. The molecule has 0 bridgehead atoms. The fraction of sp³-hybridized carbons (Fsp3) is 0.444. The van der Waals surface area contributed by atoms with E-state index in [0.717, 1.165) is 5.56 Å². The Morgan fingerprint density at radius 2 is 1.62 bits per heavy atom. The van der Waals surface area contributed by atoms with Crippen LogP contribution in [0.15, 0.2) is 18.2 Å². The van der Waals surface area contributed by atoms with E-state index in [1.54, 1.807) is 23.1 Å². The van der Waals surface area contributed by atoms with E-state index in [-0.39, 0.29) is 12.5 Å². The second-order valence-electron chi connectivity index (χ2n) is 5.79. The number of carboxylic acids is 1. The number of hydrogen-bond donors (Lipinski definition) is 1. The van der Waals surface area contributed by atoms with Gasteiger partial charge in [0, 0.05) is 32.3 Å². The molecule has 1 N–H and O–H groups in total. The monoisotopic (exact) mass is 364 g/mol. The number of carboxylic acid groups (broad SMARTS) is 1. The Morgan fingerprint density at radius 1 is 1.04 bits per heavy atom. The van der Waals surface area contributed by atoms with Gasteiger partial charge in [0.2, 0.25) is 11.7 Å². The van der Waals surface area contributed by atoms with Gasteiger partial charge in [-0.05, 0) is 23.8 Å². The number of carbonyl (C=O) groups is 2. The van der Waals surface area contributed by atoms with Crippen molar-refractivity contribution in [2.45, 2.75) is 0 Å². The first-order valence-corrected chi connectivity index (χ1v) is 8.19. The van der Waals surface area contributed by atoms with E-state index in [4.69, 9.17) is 19.3 Å². The minimum absolute atomic E-state index is 0.00328. The van der Waals surface area contributed by atoms with E-state index in [2.05, 4.69) is 0 Å². The number of carbonyl (C=O) groups excluding carboxylic acids is 1. The third kappa shape index (κ3) is 4.89. The van der Waals surface area contributed by atoms with Gasteiger partial charge in [0.05, 0.1) is 27.9 Å². The maximum Gasteiger partial charge on any atom is 0.317 e. The van der Waals surface area contributed by atoms with Crippen LogP contribution < -0.4 is 14.2 Å². The Balaban J connectivity index is 2.03. The molecule has 1 aromatic rings. The van der Waals surface area contributed by atoms with Crippen molar-refractivity contribution in [1.29, 1.82) is 0 Å². The number of nitrogens with zero attached hydrogens (tertiary/aromatic N) is 2. The number of benzene rings is 1. The molecular weight excluding hydrogens is 340 g/mol. The third-order valence-corrected chi connectivity index (χ3v) is 4.15. The molecule has 26 heavy (non-hydrogen) atoms. The summed E-state index contributed by atoms with van der Waals surface area (Å²) in [5.74, 6) is 0.552. The van der Waals surface area contributed by atoms with Crippen molar-refractivity contribution in [3.8, 4) is 17.2 Å². The summed E-state index contributed by atoms with van der Waals surface area (Å²) in [5, 5.41) is 8.81. The average Bonchev–Trinajstić information content (AvgIpc) is 2.65. The van der Waals surface area contributed by atoms with Gasteiger partial charge >= 0.3 is 5.97 Å². The second-order valence-corrected chi connectivity index (χ2v) is 5.79. The predicted octanol–water partition coefficient (Wildman–Crippen LogP) is 0.954. The van der Waals surface area contributed by atoms with Crippen LogP contribution in [0.25, 0.3) is 6.08 Å². The summed E-state index contributed by atoms with van der Waals surface area (Å²) in [4.78, 5) is 26.6. The first kappa shape index (κ1) is 19.6. The Kier molecular flexibility index (Phi) is 6.85. The molecule has 0 unspecified atom stereocenters. The standard InChI is InChI=1S/C18H24N2O6/c1-24-14-10-13(11-15(25-2)18(14)26-3)4-5-16(21)20-8-6-19(7-9-20)12-17(22)23/h4-5,10-11H,6-9,12H2,1-3H3,(H,22,23)/b5-4-. The zero-order valence-corrected chi connectivity index (χ0v) is 15.2. The number of methoxy groups -OCH3 is 3. The van der Waals surface area contributed by atoms with Crippen molar-refractivity contribution in [3.05, 3.63) is 23.8 Å². The first-order valence-electron chi connectivity index (χ1n) is 8.19. The van der Waals surface area contributed by atoms with Crippen LogP contribution in [-0.4, -0.2) is 80.8 Å². The Labute approximate surface area is 152 Å². The summed E-state index contributed by atoms with van der Waals surface area (Å²) in [6, 6.07) is 3.52. The molecule has 1 amide bonds.